The van der Waals surface area contributed by atoms with Crippen LogP contribution < -0.4 is 15.4 Å². The number of ether oxygens (including phenoxy) is 2. The lowest BCUT2D eigenvalue weighted by Gasteiger charge is -2.35. The number of hydrogen-bond donors (Lipinski definition) is 0. The van der Waals surface area contributed by atoms with Gasteiger partial charge >= 0.3 is 11.8 Å². The third-order valence-corrected chi connectivity index (χ3v) is 6.42. The molecule has 190 valence electrons. The van der Waals surface area contributed by atoms with Crippen molar-refractivity contribution in [2.45, 2.75) is 13.3 Å². The number of carbonyl (C=O) groups excluding carboxylic acids is 1. The molecule has 0 N–H and O–H groups in total. The second kappa shape index (κ2) is 10.0. The van der Waals surface area contributed by atoms with E-state index in [0.29, 0.717) is 23.1 Å². The van der Waals surface area contributed by atoms with Crippen molar-refractivity contribution in [2.24, 2.45) is 7.05 Å². The SMILES string of the molecule is CCOC(=O)n1nc(OCCCN2CCN(c3cccc4c3oc(=O)n4C)CC2)c2cc(F)ccc21. The van der Waals surface area contributed by atoms with Gasteiger partial charge in [0.2, 0.25) is 5.88 Å². The maximum atomic E-state index is 13.8. The summed E-state index contributed by atoms with van der Waals surface area (Å²) >= 11 is 0. The average molecular weight is 498 g/mol. The molecule has 2 aromatic heterocycles. The van der Waals surface area contributed by atoms with Gasteiger partial charge in [-0.05, 0) is 43.7 Å². The number of benzene rings is 2. The Morgan fingerprint density at radius 2 is 1.94 bits per heavy atom. The Bertz CT molecular complexity index is 1450. The van der Waals surface area contributed by atoms with Crippen molar-refractivity contribution in [2.75, 3.05) is 50.8 Å². The zero-order valence-electron chi connectivity index (χ0n) is 20.3. The number of para-hydroxylation sites is 1. The van der Waals surface area contributed by atoms with Gasteiger partial charge in [0.15, 0.2) is 5.58 Å². The number of oxazole rings is 1. The lowest BCUT2D eigenvalue weighted by molar-refractivity contribution is 0.150. The van der Waals surface area contributed by atoms with Gasteiger partial charge in [0.25, 0.3) is 0 Å². The van der Waals surface area contributed by atoms with Gasteiger partial charge in [-0.3, -0.25) is 9.47 Å². The highest BCUT2D eigenvalue weighted by Gasteiger charge is 2.22. The predicted molar refractivity (Wildman–Crippen MR) is 132 cm³/mol. The molecular weight excluding hydrogens is 469 g/mol. The van der Waals surface area contributed by atoms with E-state index < -0.39 is 11.9 Å². The second-order valence-electron chi connectivity index (χ2n) is 8.66. The van der Waals surface area contributed by atoms with Crippen molar-refractivity contribution in [3.05, 3.63) is 52.8 Å². The number of aromatic nitrogens is 3. The number of piperazine rings is 1. The van der Waals surface area contributed by atoms with Crippen LogP contribution in [0.25, 0.3) is 22.0 Å². The van der Waals surface area contributed by atoms with Gasteiger partial charge in [-0.2, -0.15) is 4.68 Å². The first-order chi connectivity index (χ1) is 17.5. The van der Waals surface area contributed by atoms with Crippen molar-refractivity contribution in [3.8, 4) is 5.88 Å². The molecule has 11 heteroatoms. The number of aryl methyl sites for hydroxylation is 1. The number of anilines is 1. The topological polar surface area (TPSA) is 95.0 Å². The van der Waals surface area contributed by atoms with Gasteiger partial charge in [0.05, 0.1) is 35.3 Å². The molecule has 0 saturated carbocycles. The summed E-state index contributed by atoms with van der Waals surface area (Å²) in [6.45, 7) is 6.46. The van der Waals surface area contributed by atoms with Crippen molar-refractivity contribution in [3.63, 3.8) is 0 Å². The van der Waals surface area contributed by atoms with E-state index in [1.807, 2.05) is 18.2 Å². The monoisotopic (exact) mass is 497 g/mol. The Kier molecular flexibility index (Phi) is 6.64. The normalized spacial score (nSPS) is 14.6. The molecule has 0 radical (unpaired) electrons. The first-order valence-corrected chi connectivity index (χ1v) is 12.0. The van der Waals surface area contributed by atoms with Crippen molar-refractivity contribution in [1.29, 1.82) is 0 Å². The first kappa shape index (κ1) is 23.9. The van der Waals surface area contributed by atoms with E-state index in [1.54, 1.807) is 14.0 Å². The molecule has 0 amide bonds. The largest absolute Gasteiger partial charge is 0.476 e. The standard InChI is InChI=1S/C25H28FN5O5/c1-3-34-25(33)31-19-9-8-17(26)16-18(19)23(27-31)35-15-5-10-29-11-13-30(14-12-29)21-7-4-6-20-22(21)36-24(32)28(20)2/h4,6-9,16H,3,5,10-15H2,1-2H3. The van der Waals surface area contributed by atoms with Crippen LogP contribution in [0.1, 0.15) is 13.3 Å². The highest BCUT2D eigenvalue weighted by molar-refractivity contribution is 5.91. The number of halogens is 1. The maximum Gasteiger partial charge on any atom is 0.435 e. The number of rotatable bonds is 7. The van der Waals surface area contributed by atoms with Crippen LogP contribution in [-0.4, -0.2) is 71.3 Å². The van der Waals surface area contributed by atoms with E-state index in [-0.39, 0.29) is 18.2 Å². The molecule has 0 bridgehead atoms. The summed E-state index contributed by atoms with van der Waals surface area (Å²) in [5.41, 5.74) is 2.78. The molecule has 1 fully saturated rings. The van der Waals surface area contributed by atoms with Crippen molar-refractivity contribution in [1.82, 2.24) is 19.2 Å². The summed E-state index contributed by atoms with van der Waals surface area (Å²) in [4.78, 5) is 28.7. The van der Waals surface area contributed by atoms with E-state index in [9.17, 15) is 14.0 Å². The van der Waals surface area contributed by atoms with Gasteiger partial charge in [-0.25, -0.2) is 14.0 Å². The number of nitrogens with zero attached hydrogens (tertiary/aromatic N) is 5. The zero-order valence-corrected chi connectivity index (χ0v) is 20.3. The molecule has 5 rings (SSSR count). The molecule has 2 aromatic carbocycles. The molecule has 1 saturated heterocycles. The Hall–Kier alpha value is -3.86. The molecule has 0 aliphatic carbocycles. The summed E-state index contributed by atoms with van der Waals surface area (Å²) in [6.07, 6.45) is 0.110. The average Bonchev–Trinajstić information content (AvgIpc) is 3.39. The smallest absolute Gasteiger partial charge is 0.435 e. The fourth-order valence-corrected chi connectivity index (χ4v) is 4.55. The second-order valence-corrected chi connectivity index (χ2v) is 8.66. The Morgan fingerprint density at radius 3 is 2.72 bits per heavy atom. The molecule has 10 nitrogen and oxygen atoms in total. The summed E-state index contributed by atoms with van der Waals surface area (Å²) < 4.78 is 32.8. The Balaban J connectivity index is 1.16. The zero-order chi connectivity index (χ0) is 25.2. The van der Waals surface area contributed by atoms with Crippen LogP contribution in [0.5, 0.6) is 5.88 Å². The molecule has 1 aliphatic rings. The molecule has 36 heavy (non-hydrogen) atoms. The van der Waals surface area contributed by atoms with E-state index in [1.165, 1.54) is 22.8 Å². The van der Waals surface area contributed by atoms with Gasteiger partial charge in [-0.15, -0.1) is 5.10 Å². The van der Waals surface area contributed by atoms with Crippen molar-refractivity contribution >= 4 is 33.8 Å². The molecule has 0 unspecified atom stereocenters. The fourth-order valence-electron chi connectivity index (χ4n) is 4.55. The third-order valence-electron chi connectivity index (χ3n) is 6.42. The maximum absolute atomic E-state index is 13.8. The Morgan fingerprint density at radius 1 is 1.14 bits per heavy atom. The molecule has 0 atom stereocenters. The molecule has 4 aromatic rings. The number of carbonyl (C=O) groups is 1. The van der Waals surface area contributed by atoms with Crippen LogP contribution in [0.3, 0.4) is 0 Å². The van der Waals surface area contributed by atoms with Crippen molar-refractivity contribution < 1.29 is 23.1 Å². The van der Waals surface area contributed by atoms with Crippen LogP contribution in [0.4, 0.5) is 14.9 Å². The van der Waals surface area contributed by atoms with Gasteiger partial charge < -0.3 is 18.8 Å². The number of hydrogen-bond acceptors (Lipinski definition) is 8. The summed E-state index contributed by atoms with van der Waals surface area (Å²) in [7, 11) is 1.71. The lowest BCUT2D eigenvalue weighted by atomic mass is 10.2. The molecule has 1 aliphatic heterocycles. The minimum absolute atomic E-state index is 0.208. The van der Waals surface area contributed by atoms with Crippen LogP contribution in [0.2, 0.25) is 0 Å². The minimum Gasteiger partial charge on any atom is -0.476 e. The van der Waals surface area contributed by atoms with Gasteiger partial charge in [0, 0.05) is 39.8 Å². The highest BCUT2D eigenvalue weighted by Crippen LogP contribution is 2.28. The van der Waals surface area contributed by atoms with E-state index in [2.05, 4.69) is 14.9 Å². The quantitative estimate of drug-likeness (QED) is 0.359. The molecule has 0 spiro atoms. The third kappa shape index (κ3) is 4.53. The summed E-state index contributed by atoms with van der Waals surface area (Å²) in [5, 5.41) is 4.64. The molecule has 3 heterocycles. The van der Waals surface area contributed by atoms with Gasteiger partial charge in [0.1, 0.15) is 5.82 Å². The van der Waals surface area contributed by atoms with Gasteiger partial charge in [-0.1, -0.05) is 6.07 Å². The number of fused-ring (bicyclic) bond motifs is 2. The van der Waals surface area contributed by atoms with Crippen LogP contribution in [0.15, 0.2) is 45.6 Å². The summed E-state index contributed by atoms with van der Waals surface area (Å²) in [5.74, 6) is -0.586. The summed E-state index contributed by atoms with van der Waals surface area (Å²) in [6, 6.07) is 9.87. The van der Waals surface area contributed by atoms with E-state index in [0.717, 1.165) is 55.0 Å². The predicted octanol–water partition coefficient (Wildman–Crippen LogP) is 3.22. The van der Waals surface area contributed by atoms with Crippen LogP contribution >= 0.6 is 0 Å². The minimum atomic E-state index is -0.632. The van der Waals surface area contributed by atoms with Crippen LogP contribution in [0, 0.1) is 5.82 Å². The van der Waals surface area contributed by atoms with E-state index in [4.69, 9.17) is 13.9 Å². The Labute approximate surface area is 206 Å². The fraction of sp³-hybridized carbons (Fsp3) is 0.400. The first-order valence-electron chi connectivity index (χ1n) is 12.0. The lowest BCUT2D eigenvalue weighted by Crippen LogP contribution is -2.46. The molecular formula is C25H28FN5O5. The van der Waals surface area contributed by atoms with Crippen LogP contribution in [-0.2, 0) is 11.8 Å². The van der Waals surface area contributed by atoms with E-state index >= 15 is 0 Å². The highest BCUT2D eigenvalue weighted by atomic mass is 19.1.